The molecule has 0 saturated heterocycles. The van der Waals surface area contributed by atoms with Crippen LogP contribution >= 0.6 is 11.3 Å². The molecule has 9 nitrogen and oxygen atoms in total. The van der Waals surface area contributed by atoms with Crippen LogP contribution in [0.2, 0.25) is 0 Å². The number of nitrogens with zero attached hydrogens (tertiary/aromatic N) is 1. The second-order valence-electron chi connectivity index (χ2n) is 6.44. The van der Waals surface area contributed by atoms with Crippen LogP contribution in [0.3, 0.4) is 0 Å². The third-order valence-electron chi connectivity index (χ3n) is 4.49. The molecule has 1 aliphatic rings. The van der Waals surface area contributed by atoms with Gasteiger partial charge in [0.15, 0.2) is 9.84 Å². The smallest absolute Gasteiger partial charge is 0.409 e. The van der Waals surface area contributed by atoms with E-state index < -0.39 is 27.7 Å². The minimum Gasteiger partial charge on any atom is -0.453 e. The molecule has 0 saturated carbocycles. The Labute approximate surface area is 171 Å². The van der Waals surface area contributed by atoms with Crippen LogP contribution in [0.4, 0.5) is 9.80 Å². The van der Waals surface area contributed by atoms with Gasteiger partial charge in [0.1, 0.15) is 5.00 Å². The number of primary amides is 1. The quantitative estimate of drug-likeness (QED) is 0.746. The zero-order valence-corrected chi connectivity index (χ0v) is 17.4. The Bertz CT molecular complexity index is 1110. The number of thiophene rings is 1. The molecule has 2 heterocycles. The Balaban J connectivity index is 1.97. The first-order valence-corrected chi connectivity index (χ1v) is 11.2. The first-order chi connectivity index (χ1) is 13.6. The Kier molecular flexibility index (Phi) is 5.62. The highest BCUT2D eigenvalue weighted by Crippen LogP contribution is 2.37. The molecular weight excluding hydrogens is 418 g/mol. The fourth-order valence-corrected chi connectivity index (χ4v) is 5.33. The van der Waals surface area contributed by atoms with E-state index in [1.165, 1.54) is 30.2 Å². The highest BCUT2D eigenvalue weighted by molar-refractivity contribution is 7.90. The maximum absolute atomic E-state index is 12.8. The summed E-state index contributed by atoms with van der Waals surface area (Å²) in [7, 11) is -2.34. The lowest BCUT2D eigenvalue weighted by atomic mass is 10.0. The molecule has 154 valence electrons. The Morgan fingerprint density at radius 3 is 2.55 bits per heavy atom. The molecule has 0 fully saturated rings. The van der Waals surface area contributed by atoms with Gasteiger partial charge in [-0.25, -0.2) is 13.2 Å². The van der Waals surface area contributed by atoms with Gasteiger partial charge < -0.3 is 20.7 Å². The molecular formula is C18H19N3O6S2. The standard InChI is InChI=1S/C18H19N3O6S2/c1-27-18(24)21-8-7-10-12(9-21)28-17(14(10)15(19)22)20-16(23)11-5-3-4-6-13(11)29(2,25)26/h3-6H,7-9H2,1-2H3,(H2,19,22)(H,20,23). The van der Waals surface area contributed by atoms with Gasteiger partial charge in [0.05, 0.1) is 29.7 Å². The van der Waals surface area contributed by atoms with Gasteiger partial charge in [-0.3, -0.25) is 9.59 Å². The van der Waals surface area contributed by atoms with Crippen molar-refractivity contribution in [3.63, 3.8) is 0 Å². The minimum absolute atomic E-state index is 0.0343. The molecule has 0 radical (unpaired) electrons. The van der Waals surface area contributed by atoms with Crippen LogP contribution in [-0.4, -0.2) is 51.1 Å². The van der Waals surface area contributed by atoms with Crippen LogP contribution in [0.25, 0.3) is 0 Å². The molecule has 3 N–H and O–H groups in total. The molecule has 1 aromatic carbocycles. The van der Waals surface area contributed by atoms with Crippen molar-refractivity contribution in [2.75, 3.05) is 25.2 Å². The predicted octanol–water partition coefficient (Wildman–Crippen LogP) is 1.63. The molecule has 29 heavy (non-hydrogen) atoms. The fraction of sp³-hybridized carbons (Fsp3) is 0.278. The normalized spacial score (nSPS) is 13.5. The summed E-state index contributed by atoms with van der Waals surface area (Å²) in [6, 6.07) is 5.80. The average molecular weight is 437 g/mol. The van der Waals surface area contributed by atoms with Crippen LogP contribution in [0.1, 0.15) is 31.2 Å². The summed E-state index contributed by atoms with van der Waals surface area (Å²) in [6.07, 6.45) is 0.908. The number of rotatable bonds is 4. The first kappa shape index (κ1) is 20.8. The molecule has 0 atom stereocenters. The van der Waals surface area contributed by atoms with E-state index in [-0.39, 0.29) is 27.6 Å². The van der Waals surface area contributed by atoms with Crippen molar-refractivity contribution in [1.82, 2.24) is 4.90 Å². The van der Waals surface area contributed by atoms with Gasteiger partial charge in [0.2, 0.25) is 0 Å². The van der Waals surface area contributed by atoms with Crippen molar-refractivity contribution < 1.29 is 27.5 Å². The number of carbonyl (C=O) groups is 3. The highest BCUT2D eigenvalue weighted by atomic mass is 32.2. The van der Waals surface area contributed by atoms with E-state index >= 15 is 0 Å². The van der Waals surface area contributed by atoms with Gasteiger partial charge in [-0.15, -0.1) is 11.3 Å². The molecule has 0 aliphatic carbocycles. The molecule has 1 aliphatic heterocycles. The summed E-state index contributed by atoms with van der Waals surface area (Å²) in [4.78, 5) is 38.7. The average Bonchev–Trinajstić information content (AvgIpc) is 3.03. The number of nitrogens with two attached hydrogens (primary N) is 1. The van der Waals surface area contributed by atoms with Crippen molar-refractivity contribution in [1.29, 1.82) is 0 Å². The monoisotopic (exact) mass is 437 g/mol. The third-order valence-corrected chi connectivity index (χ3v) is 6.78. The number of carbonyl (C=O) groups excluding carboxylic acids is 3. The molecule has 1 aromatic heterocycles. The van der Waals surface area contributed by atoms with Gasteiger partial charge in [-0.05, 0) is 24.1 Å². The number of hydrogen-bond acceptors (Lipinski definition) is 7. The number of nitrogens with one attached hydrogen (secondary N) is 1. The largest absolute Gasteiger partial charge is 0.453 e. The van der Waals surface area contributed by atoms with E-state index in [2.05, 4.69) is 5.32 Å². The van der Waals surface area contributed by atoms with E-state index in [0.717, 1.165) is 17.6 Å². The fourth-order valence-electron chi connectivity index (χ4n) is 3.19. The molecule has 3 rings (SSSR count). The number of sulfone groups is 1. The van der Waals surface area contributed by atoms with Crippen molar-refractivity contribution in [3.8, 4) is 0 Å². The Morgan fingerprint density at radius 1 is 1.24 bits per heavy atom. The Hall–Kier alpha value is -2.92. The van der Waals surface area contributed by atoms with Crippen molar-refractivity contribution in [3.05, 3.63) is 45.8 Å². The van der Waals surface area contributed by atoms with E-state index in [4.69, 9.17) is 10.5 Å². The second kappa shape index (κ2) is 7.84. The minimum atomic E-state index is -3.63. The number of ether oxygens (including phenoxy) is 1. The summed E-state index contributed by atoms with van der Waals surface area (Å²) in [6.45, 7) is 0.573. The highest BCUT2D eigenvalue weighted by Gasteiger charge is 2.30. The second-order valence-corrected chi connectivity index (χ2v) is 9.53. The summed E-state index contributed by atoms with van der Waals surface area (Å²) < 4.78 is 28.7. The number of benzene rings is 1. The molecule has 0 spiro atoms. The molecule has 0 unspecified atom stereocenters. The lowest BCUT2D eigenvalue weighted by Crippen LogP contribution is -2.35. The van der Waals surface area contributed by atoms with Gasteiger partial charge in [0.25, 0.3) is 11.8 Å². The van der Waals surface area contributed by atoms with Gasteiger partial charge >= 0.3 is 6.09 Å². The number of fused-ring (bicyclic) bond motifs is 1. The Morgan fingerprint density at radius 2 is 1.93 bits per heavy atom. The number of amides is 3. The zero-order chi connectivity index (χ0) is 21.3. The summed E-state index contributed by atoms with van der Waals surface area (Å²) in [5.74, 6) is -1.38. The summed E-state index contributed by atoms with van der Waals surface area (Å²) >= 11 is 1.13. The van der Waals surface area contributed by atoms with Crippen LogP contribution < -0.4 is 11.1 Å². The lowest BCUT2D eigenvalue weighted by molar-refractivity contribution is 0.0999. The molecule has 11 heteroatoms. The van der Waals surface area contributed by atoms with Crippen molar-refractivity contribution >= 4 is 44.1 Å². The molecule has 3 amide bonds. The van der Waals surface area contributed by atoms with Crippen molar-refractivity contribution in [2.24, 2.45) is 5.73 Å². The van der Waals surface area contributed by atoms with Crippen LogP contribution in [0.5, 0.6) is 0 Å². The van der Waals surface area contributed by atoms with Crippen LogP contribution in [-0.2, 0) is 27.5 Å². The third kappa shape index (κ3) is 4.10. The SMILES string of the molecule is COC(=O)N1CCc2c(sc(NC(=O)c3ccccc3S(C)(=O)=O)c2C(N)=O)C1. The number of methoxy groups -OCH3 is 1. The van der Waals surface area contributed by atoms with Gasteiger partial charge in [-0.1, -0.05) is 12.1 Å². The number of anilines is 1. The maximum Gasteiger partial charge on any atom is 0.409 e. The maximum atomic E-state index is 12.8. The van der Waals surface area contributed by atoms with E-state index in [0.29, 0.717) is 23.4 Å². The first-order valence-electron chi connectivity index (χ1n) is 8.51. The van der Waals surface area contributed by atoms with Gasteiger partial charge in [-0.2, -0.15) is 0 Å². The molecule has 0 bridgehead atoms. The van der Waals surface area contributed by atoms with Gasteiger partial charge in [0, 0.05) is 17.7 Å². The molecule has 2 aromatic rings. The zero-order valence-electron chi connectivity index (χ0n) is 15.7. The predicted molar refractivity (Wildman–Crippen MR) is 107 cm³/mol. The van der Waals surface area contributed by atoms with Crippen LogP contribution in [0, 0.1) is 0 Å². The lowest BCUT2D eigenvalue weighted by Gasteiger charge is -2.25. The topological polar surface area (TPSA) is 136 Å². The van der Waals surface area contributed by atoms with Crippen LogP contribution in [0.15, 0.2) is 29.2 Å². The van der Waals surface area contributed by atoms with Crippen molar-refractivity contribution in [2.45, 2.75) is 17.9 Å². The number of hydrogen-bond donors (Lipinski definition) is 2. The van der Waals surface area contributed by atoms with E-state index in [9.17, 15) is 22.8 Å². The summed E-state index contributed by atoms with van der Waals surface area (Å²) in [5.41, 5.74) is 6.35. The van der Waals surface area contributed by atoms with E-state index in [1.54, 1.807) is 6.07 Å². The summed E-state index contributed by atoms with van der Waals surface area (Å²) in [5, 5.41) is 2.84. The van der Waals surface area contributed by atoms with E-state index in [1.807, 2.05) is 0 Å².